The molecular weight excluding hydrogens is 496 g/mol. The lowest BCUT2D eigenvalue weighted by Crippen LogP contribution is -2.14. The van der Waals surface area contributed by atoms with E-state index in [1.807, 2.05) is 41.8 Å². The summed E-state index contributed by atoms with van der Waals surface area (Å²) < 4.78 is 0. The maximum atomic E-state index is 12.6. The Labute approximate surface area is 214 Å². The summed E-state index contributed by atoms with van der Waals surface area (Å²) >= 11 is 2.60. The second-order valence-corrected chi connectivity index (χ2v) is 9.38. The lowest BCUT2D eigenvalue weighted by molar-refractivity contribution is -0.384. The number of rotatable bonds is 8. The lowest BCUT2D eigenvalue weighted by Gasteiger charge is -2.08. The van der Waals surface area contributed by atoms with Gasteiger partial charge in [0.2, 0.25) is 5.91 Å². The molecule has 0 aliphatic rings. The van der Waals surface area contributed by atoms with Crippen LogP contribution in [0.4, 0.5) is 16.4 Å². The van der Waals surface area contributed by atoms with Crippen molar-refractivity contribution < 1.29 is 14.5 Å². The number of hydrogen-bond acceptors (Lipinski definition) is 7. The van der Waals surface area contributed by atoms with Crippen molar-refractivity contribution in [2.24, 2.45) is 0 Å². The second-order valence-electron chi connectivity index (χ2n) is 7.45. The molecule has 36 heavy (non-hydrogen) atoms. The van der Waals surface area contributed by atoms with Gasteiger partial charge in [-0.25, -0.2) is 0 Å². The molecule has 0 saturated carbocycles. The maximum absolute atomic E-state index is 12.6. The third-order valence-electron chi connectivity index (χ3n) is 5.04. The molecule has 10 heteroatoms. The predicted molar refractivity (Wildman–Crippen MR) is 141 cm³/mol. The van der Waals surface area contributed by atoms with Gasteiger partial charge in [0, 0.05) is 39.2 Å². The zero-order valence-corrected chi connectivity index (χ0v) is 20.3. The van der Waals surface area contributed by atoms with Crippen molar-refractivity contribution in [3.05, 3.63) is 105 Å². The minimum atomic E-state index is -0.527. The van der Waals surface area contributed by atoms with Crippen molar-refractivity contribution in [2.45, 2.75) is 4.90 Å². The number of benzene rings is 3. The van der Waals surface area contributed by atoms with E-state index < -0.39 is 10.8 Å². The highest BCUT2D eigenvalue weighted by Gasteiger charge is 2.16. The van der Waals surface area contributed by atoms with Crippen LogP contribution in [0, 0.1) is 21.4 Å². The van der Waals surface area contributed by atoms with E-state index in [-0.39, 0.29) is 22.9 Å². The Kier molecular flexibility index (Phi) is 7.75. The summed E-state index contributed by atoms with van der Waals surface area (Å²) in [4.78, 5) is 36.0. The first-order valence-electron chi connectivity index (χ1n) is 10.6. The van der Waals surface area contributed by atoms with Crippen LogP contribution in [0.1, 0.15) is 15.9 Å². The second kappa shape index (κ2) is 11.3. The molecule has 0 fully saturated rings. The van der Waals surface area contributed by atoms with Gasteiger partial charge in [-0.15, -0.1) is 23.1 Å². The van der Waals surface area contributed by atoms with E-state index in [2.05, 4.69) is 16.7 Å². The highest BCUT2D eigenvalue weighted by molar-refractivity contribution is 8.00. The minimum Gasteiger partial charge on any atom is -0.322 e. The summed E-state index contributed by atoms with van der Waals surface area (Å²) in [6, 6.07) is 24.0. The number of thiophene rings is 1. The Hall–Kier alpha value is -4.46. The number of nitriles is 1. The molecule has 2 N–H and O–H groups in total. The highest BCUT2D eigenvalue weighted by Crippen LogP contribution is 2.35. The van der Waals surface area contributed by atoms with Crippen molar-refractivity contribution in [1.82, 2.24) is 0 Å². The summed E-state index contributed by atoms with van der Waals surface area (Å²) in [6.45, 7) is 0. The lowest BCUT2D eigenvalue weighted by atomic mass is 10.1. The first kappa shape index (κ1) is 24.7. The van der Waals surface area contributed by atoms with E-state index in [9.17, 15) is 25.0 Å². The van der Waals surface area contributed by atoms with E-state index >= 15 is 0 Å². The normalized spacial score (nSPS) is 10.3. The average Bonchev–Trinajstić information content (AvgIpc) is 3.30. The summed E-state index contributed by atoms with van der Waals surface area (Å²) in [5, 5.41) is 28.3. The summed E-state index contributed by atoms with van der Waals surface area (Å²) in [5.74, 6) is -0.539. The van der Waals surface area contributed by atoms with Crippen molar-refractivity contribution >= 4 is 51.3 Å². The molecule has 1 aromatic heterocycles. The van der Waals surface area contributed by atoms with Crippen LogP contribution >= 0.6 is 23.1 Å². The molecule has 0 aliphatic carbocycles. The molecule has 0 saturated heterocycles. The molecule has 2 amide bonds. The van der Waals surface area contributed by atoms with Gasteiger partial charge in [0.15, 0.2) is 0 Å². The Morgan fingerprint density at radius 2 is 1.75 bits per heavy atom. The number of anilines is 2. The minimum absolute atomic E-state index is 0.0936. The van der Waals surface area contributed by atoms with Gasteiger partial charge >= 0.3 is 0 Å². The molecule has 0 bridgehead atoms. The summed E-state index contributed by atoms with van der Waals surface area (Å²) in [5.41, 5.74) is 2.85. The first-order valence-corrected chi connectivity index (χ1v) is 12.5. The molecule has 1 heterocycles. The smallest absolute Gasteiger partial charge is 0.269 e. The van der Waals surface area contributed by atoms with Crippen LogP contribution in [-0.2, 0) is 4.79 Å². The molecule has 0 atom stereocenters. The van der Waals surface area contributed by atoms with E-state index in [1.54, 1.807) is 18.2 Å². The standard InChI is InChI=1S/C26H18N4O4S2/c27-14-22-23(17-5-2-1-3-6-17)15-36-26(22)29-24(31)16-35-21-8-4-7-19(13-21)28-25(32)18-9-11-20(12-10-18)30(33)34/h1-13,15H,16H2,(H,28,32)(H,29,31). The van der Waals surface area contributed by atoms with Gasteiger partial charge in [0.25, 0.3) is 11.6 Å². The molecule has 0 radical (unpaired) electrons. The number of hydrogen-bond donors (Lipinski definition) is 2. The molecule has 4 rings (SSSR count). The molecule has 178 valence electrons. The summed E-state index contributed by atoms with van der Waals surface area (Å²) in [6.07, 6.45) is 0. The maximum Gasteiger partial charge on any atom is 0.269 e. The molecule has 3 aromatic carbocycles. The summed E-state index contributed by atoms with van der Waals surface area (Å²) in [7, 11) is 0. The number of carbonyl (C=O) groups is 2. The van der Waals surface area contributed by atoms with Crippen LogP contribution in [0.3, 0.4) is 0 Å². The number of nitrogens with one attached hydrogen (secondary N) is 2. The zero-order chi connectivity index (χ0) is 25.5. The van der Waals surface area contributed by atoms with Gasteiger partial charge < -0.3 is 10.6 Å². The third kappa shape index (κ3) is 5.96. The fourth-order valence-electron chi connectivity index (χ4n) is 3.30. The Balaban J connectivity index is 1.36. The van der Waals surface area contributed by atoms with E-state index in [4.69, 9.17) is 0 Å². The largest absolute Gasteiger partial charge is 0.322 e. The molecule has 0 aliphatic heterocycles. The van der Waals surface area contributed by atoms with Crippen LogP contribution in [0.5, 0.6) is 0 Å². The number of non-ortho nitro benzene ring substituents is 1. The van der Waals surface area contributed by atoms with E-state index in [0.717, 1.165) is 16.0 Å². The molecular formula is C26H18N4O4S2. The van der Waals surface area contributed by atoms with E-state index in [1.165, 1.54) is 47.4 Å². The predicted octanol–water partition coefficient (Wildman–Crippen LogP) is 6.18. The van der Waals surface area contributed by atoms with Gasteiger partial charge in [-0.1, -0.05) is 36.4 Å². The zero-order valence-electron chi connectivity index (χ0n) is 18.6. The molecule has 0 spiro atoms. The van der Waals surface area contributed by atoms with Gasteiger partial charge in [-0.2, -0.15) is 5.26 Å². The number of carbonyl (C=O) groups excluding carboxylic acids is 2. The average molecular weight is 515 g/mol. The molecule has 4 aromatic rings. The Morgan fingerprint density at radius 1 is 1.00 bits per heavy atom. The van der Waals surface area contributed by atoms with Gasteiger partial charge in [0.1, 0.15) is 11.1 Å². The third-order valence-corrected chi connectivity index (χ3v) is 6.93. The fourth-order valence-corrected chi connectivity index (χ4v) is 4.99. The number of amides is 2. The highest BCUT2D eigenvalue weighted by atomic mass is 32.2. The number of thioether (sulfide) groups is 1. The Morgan fingerprint density at radius 3 is 2.44 bits per heavy atom. The van der Waals surface area contributed by atoms with Crippen LogP contribution in [0.15, 0.2) is 89.1 Å². The fraction of sp³-hybridized carbons (Fsp3) is 0.0385. The van der Waals surface area contributed by atoms with Crippen LogP contribution in [-0.4, -0.2) is 22.5 Å². The first-order chi connectivity index (χ1) is 17.4. The van der Waals surface area contributed by atoms with Crippen LogP contribution < -0.4 is 10.6 Å². The quantitative estimate of drug-likeness (QED) is 0.164. The van der Waals surface area contributed by atoms with Crippen molar-refractivity contribution in [3.8, 4) is 17.2 Å². The SMILES string of the molecule is N#Cc1c(-c2ccccc2)csc1NC(=O)CSc1cccc(NC(=O)c2ccc([N+](=O)[O-])cc2)c1. The molecule has 8 nitrogen and oxygen atoms in total. The molecule has 0 unspecified atom stereocenters. The van der Waals surface area contributed by atoms with Gasteiger partial charge in [-0.3, -0.25) is 19.7 Å². The van der Waals surface area contributed by atoms with Gasteiger partial charge in [-0.05, 0) is 35.9 Å². The number of nitro groups is 1. The monoisotopic (exact) mass is 514 g/mol. The Bertz CT molecular complexity index is 1460. The van der Waals surface area contributed by atoms with Crippen LogP contribution in [0.2, 0.25) is 0 Å². The number of nitro benzene ring substituents is 1. The topological polar surface area (TPSA) is 125 Å². The van der Waals surface area contributed by atoms with E-state index in [0.29, 0.717) is 16.3 Å². The van der Waals surface area contributed by atoms with Crippen molar-refractivity contribution in [2.75, 3.05) is 16.4 Å². The van der Waals surface area contributed by atoms with Crippen molar-refractivity contribution in [1.29, 1.82) is 5.26 Å². The van der Waals surface area contributed by atoms with Gasteiger partial charge in [0.05, 0.1) is 16.2 Å². The van der Waals surface area contributed by atoms with Crippen LogP contribution in [0.25, 0.3) is 11.1 Å². The number of nitrogens with zero attached hydrogens (tertiary/aromatic N) is 2. The van der Waals surface area contributed by atoms with Crippen molar-refractivity contribution in [3.63, 3.8) is 0 Å².